The summed E-state index contributed by atoms with van der Waals surface area (Å²) in [6.07, 6.45) is 3.56. The van der Waals surface area contributed by atoms with E-state index in [1.165, 1.54) is 6.42 Å². The third-order valence-electron chi connectivity index (χ3n) is 2.53. The fourth-order valence-electron chi connectivity index (χ4n) is 1.26. The van der Waals surface area contributed by atoms with Gasteiger partial charge in [-0.1, -0.05) is 6.42 Å². The van der Waals surface area contributed by atoms with Crippen LogP contribution < -0.4 is 0 Å². The summed E-state index contributed by atoms with van der Waals surface area (Å²) in [5, 5.41) is 8.75. The van der Waals surface area contributed by atoms with Gasteiger partial charge in [0.05, 0.1) is 6.07 Å². The van der Waals surface area contributed by atoms with E-state index < -0.39 is 5.60 Å². The topological polar surface area (TPSA) is 33.0 Å². The number of methoxy groups -OCH3 is 1. The fourth-order valence-corrected chi connectivity index (χ4v) is 1.26. The lowest BCUT2D eigenvalue weighted by Crippen LogP contribution is -2.39. The maximum atomic E-state index is 8.75. The molecule has 0 radical (unpaired) electrons. The number of nitrogens with zero attached hydrogens (tertiary/aromatic N) is 1. The standard InChI is InChI=1S/C8H13NO/c1-8(6-9,10-2)7-4-3-5-7/h7H,3-5H2,1-2H3. The molecular weight excluding hydrogens is 126 g/mol. The molecule has 1 atom stereocenters. The molecule has 0 aromatic heterocycles. The summed E-state index contributed by atoms with van der Waals surface area (Å²) in [4.78, 5) is 0. The SMILES string of the molecule is COC(C)(C#N)C1CCC1. The van der Waals surface area contributed by atoms with Crippen molar-refractivity contribution in [3.8, 4) is 6.07 Å². The van der Waals surface area contributed by atoms with E-state index in [1.54, 1.807) is 7.11 Å². The second kappa shape index (κ2) is 2.59. The molecule has 1 aliphatic carbocycles. The molecule has 1 unspecified atom stereocenters. The van der Waals surface area contributed by atoms with Gasteiger partial charge in [-0.25, -0.2) is 0 Å². The Balaban J connectivity index is 2.55. The van der Waals surface area contributed by atoms with E-state index >= 15 is 0 Å². The lowest BCUT2D eigenvalue weighted by atomic mass is 9.74. The van der Waals surface area contributed by atoms with Crippen LogP contribution in [0, 0.1) is 17.2 Å². The molecule has 0 N–H and O–H groups in total. The van der Waals surface area contributed by atoms with Crippen LogP contribution in [0.4, 0.5) is 0 Å². The fraction of sp³-hybridized carbons (Fsp3) is 0.875. The average molecular weight is 139 g/mol. The van der Waals surface area contributed by atoms with Gasteiger partial charge in [-0.2, -0.15) is 5.26 Å². The van der Waals surface area contributed by atoms with Crippen LogP contribution in [0.1, 0.15) is 26.2 Å². The van der Waals surface area contributed by atoms with Gasteiger partial charge in [-0.15, -0.1) is 0 Å². The second-order valence-electron chi connectivity index (χ2n) is 3.05. The zero-order valence-electron chi connectivity index (χ0n) is 6.55. The van der Waals surface area contributed by atoms with E-state index in [-0.39, 0.29) is 0 Å². The van der Waals surface area contributed by atoms with Crippen LogP contribution >= 0.6 is 0 Å². The van der Waals surface area contributed by atoms with E-state index in [9.17, 15) is 0 Å². The quantitative estimate of drug-likeness (QED) is 0.583. The van der Waals surface area contributed by atoms with Crippen molar-refractivity contribution in [3.63, 3.8) is 0 Å². The number of hydrogen-bond acceptors (Lipinski definition) is 2. The zero-order chi connectivity index (χ0) is 7.61. The first-order valence-electron chi connectivity index (χ1n) is 3.69. The number of rotatable bonds is 2. The summed E-state index contributed by atoms with van der Waals surface area (Å²) in [6, 6.07) is 2.21. The molecule has 0 bridgehead atoms. The van der Waals surface area contributed by atoms with Crippen molar-refractivity contribution in [2.75, 3.05) is 7.11 Å². The largest absolute Gasteiger partial charge is 0.363 e. The monoisotopic (exact) mass is 139 g/mol. The van der Waals surface area contributed by atoms with Gasteiger partial charge in [-0.3, -0.25) is 0 Å². The molecule has 0 aromatic carbocycles. The van der Waals surface area contributed by atoms with Gasteiger partial charge >= 0.3 is 0 Å². The lowest BCUT2D eigenvalue weighted by molar-refractivity contribution is -0.0255. The van der Waals surface area contributed by atoms with Gasteiger partial charge in [0.15, 0.2) is 5.60 Å². The summed E-state index contributed by atoms with van der Waals surface area (Å²) in [7, 11) is 1.61. The summed E-state index contributed by atoms with van der Waals surface area (Å²) >= 11 is 0. The molecule has 0 spiro atoms. The Hall–Kier alpha value is -0.550. The minimum atomic E-state index is -0.516. The molecule has 0 aromatic rings. The third-order valence-corrected chi connectivity index (χ3v) is 2.53. The molecule has 1 saturated carbocycles. The van der Waals surface area contributed by atoms with Gasteiger partial charge in [0.2, 0.25) is 0 Å². The number of hydrogen-bond donors (Lipinski definition) is 0. The van der Waals surface area contributed by atoms with Crippen molar-refractivity contribution in [2.45, 2.75) is 31.8 Å². The van der Waals surface area contributed by atoms with Crippen molar-refractivity contribution in [1.82, 2.24) is 0 Å². The highest BCUT2D eigenvalue weighted by atomic mass is 16.5. The van der Waals surface area contributed by atoms with E-state index in [4.69, 9.17) is 10.00 Å². The molecule has 0 aliphatic heterocycles. The molecule has 2 heteroatoms. The van der Waals surface area contributed by atoms with E-state index in [0.29, 0.717) is 5.92 Å². The predicted octanol–water partition coefficient (Wildman–Crippen LogP) is 1.72. The Morgan fingerprint density at radius 3 is 2.30 bits per heavy atom. The minimum Gasteiger partial charge on any atom is -0.363 e. The maximum Gasteiger partial charge on any atom is 0.153 e. The van der Waals surface area contributed by atoms with Crippen LogP contribution in [0.25, 0.3) is 0 Å². The molecule has 0 amide bonds. The molecule has 2 nitrogen and oxygen atoms in total. The number of nitriles is 1. The van der Waals surface area contributed by atoms with Gasteiger partial charge in [0.25, 0.3) is 0 Å². The Labute approximate surface area is 61.8 Å². The zero-order valence-corrected chi connectivity index (χ0v) is 6.55. The minimum absolute atomic E-state index is 0.475. The van der Waals surface area contributed by atoms with E-state index in [1.807, 2.05) is 6.92 Å². The van der Waals surface area contributed by atoms with Gasteiger partial charge in [0, 0.05) is 13.0 Å². The summed E-state index contributed by atoms with van der Waals surface area (Å²) in [6.45, 7) is 1.87. The van der Waals surface area contributed by atoms with Crippen molar-refractivity contribution in [1.29, 1.82) is 5.26 Å². The highest BCUT2D eigenvalue weighted by Crippen LogP contribution is 2.37. The van der Waals surface area contributed by atoms with Gasteiger partial charge in [-0.05, 0) is 19.8 Å². The van der Waals surface area contributed by atoms with Crippen molar-refractivity contribution in [3.05, 3.63) is 0 Å². The third kappa shape index (κ3) is 1.02. The van der Waals surface area contributed by atoms with Crippen LogP contribution in [-0.2, 0) is 4.74 Å². The molecule has 0 heterocycles. The normalized spacial score (nSPS) is 24.5. The van der Waals surface area contributed by atoms with Crippen molar-refractivity contribution in [2.24, 2.45) is 5.92 Å². The van der Waals surface area contributed by atoms with Crippen LogP contribution in [0.2, 0.25) is 0 Å². The van der Waals surface area contributed by atoms with Gasteiger partial charge < -0.3 is 4.74 Å². The molecule has 56 valence electrons. The molecule has 1 fully saturated rings. The molecule has 1 rings (SSSR count). The van der Waals surface area contributed by atoms with Crippen LogP contribution in [0.3, 0.4) is 0 Å². The van der Waals surface area contributed by atoms with E-state index in [2.05, 4.69) is 6.07 Å². The summed E-state index contributed by atoms with van der Waals surface area (Å²) in [5.74, 6) is 0.475. The lowest BCUT2D eigenvalue weighted by Gasteiger charge is -2.36. The van der Waals surface area contributed by atoms with Crippen molar-refractivity contribution >= 4 is 0 Å². The molecule has 10 heavy (non-hydrogen) atoms. The first-order valence-corrected chi connectivity index (χ1v) is 3.69. The average Bonchev–Trinajstić information content (AvgIpc) is 1.84. The molecule has 0 saturated heterocycles. The van der Waals surface area contributed by atoms with Crippen LogP contribution in [-0.4, -0.2) is 12.7 Å². The second-order valence-corrected chi connectivity index (χ2v) is 3.05. The summed E-state index contributed by atoms with van der Waals surface area (Å²) < 4.78 is 5.13. The Morgan fingerprint density at radius 2 is 2.20 bits per heavy atom. The maximum absolute atomic E-state index is 8.75. The smallest absolute Gasteiger partial charge is 0.153 e. The van der Waals surface area contributed by atoms with Crippen molar-refractivity contribution < 1.29 is 4.74 Å². The predicted molar refractivity (Wildman–Crippen MR) is 38.4 cm³/mol. The highest BCUT2D eigenvalue weighted by molar-refractivity contribution is 5.05. The van der Waals surface area contributed by atoms with Gasteiger partial charge in [0.1, 0.15) is 0 Å². The first-order chi connectivity index (χ1) is 4.73. The number of ether oxygens (including phenoxy) is 1. The Morgan fingerprint density at radius 1 is 1.60 bits per heavy atom. The van der Waals surface area contributed by atoms with Crippen LogP contribution in [0.5, 0.6) is 0 Å². The summed E-state index contributed by atoms with van der Waals surface area (Å²) in [5.41, 5.74) is -0.516. The first kappa shape index (κ1) is 7.56. The van der Waals surface area contributed by atoms with E-state index in [0.717, 1.165) is 12.8 Å². The Kier molecular flexibility index (Phi) is 1.96. The molecule has 1 aliphatic rings. The highest BCUT2D eigenvalue weighted by Gasteiger charge is 2.38. The van der Waals surface area contributed by atoms with Crippen LogP contribution in [0.15, 0.2) is 0 Å². The Bertz CT molecular complexity index is 157. The molecular formula is C8H13NO.